The lowest BCUT2D eigenvalue weighted by atomic mass is 9.79. The minimum absolute atomic E-state index is 0. The molecule has 2 rings (SSSR count). The van der Waals surface area contributed by atoms with E-state index in [1.807, 2.05) is 0 Å². The Bertz CT molecular complexity index is 444. The first-order valence-electron chi connectivity index (χ1n) is 6.78. The van der Waals surface area contributed by atoms with E-state index in [0.29, 0.717) is 13.2 Å². The summed E-state index contributed by atoms with van der Waals surface area (Å²) < 4.78 is 7.83. The smallest absolute Gasteiger partial charge is 0.241 e. The van der Waals surface area contributed by atoms with Crippen LogP contribution in [-0.4, -0.2) is 49.0 Å². The van der Waals surface area contributed by atoms with Crippen molar-refractivity contribution in [2.24, 2.45) is 5.41 Å². The predicted octanol–water partition coefficient (Wildman–Crippen LogP) is 1.20. The highest BCUT2D eigenvalue weighted by molar-refractivity contribution is 9.10. The molecule has 0 bridgehead atoms. The first kappa shape index (κ1) is 18.4. The van der Waals surface area contributed by atoms with Crippen molar-refractivity contribution in [2.45, 2.75) is 19.4 Å². The van der Waals surface area contributed by atoms with Gasteiger partial charge in [0.25, 0.3) is 0 Å². The lowest BCUT2D eigenvalue weighted by Gasteiger charge is -2.37. The van der Waals surface area contributed by atoms with E-state index in [9.17, 15) is 4.79 Å². The van der Waals surface area contributed by atoms with Crippen molar-refractivity contribution in [3.05, 3.63) is 16.9 Å². The van der Waals surface area contributed by atoms with Crippen molar-refractivity contribution < 1.29 is 9.53 Å². The fourth-order valence-electron chi connectivity index (χ4n) is 2.55. The summed E-state index contributed by atoms with van der Waals surface area (Å²) in [6.07, 6.45) is 5.50. The molecule has 1 fully saturated rings. The van der Waals surface area contributed by atoms with Gasteiger partial charge in [-0.3, -0.25) is 9.48 Å². The Hall–Kier alpha value is -0.630. The molecule has 0 radical (unpaired) electrons. The molecule has 0 atom stereocenters. The van der Waals surface area contributed by atoms with E-state index in [4.69, 9.17) is 4.74 Å². The topological polar surface area (TPSA) is 68.2 Å². The Labute approximate surface area is 139 Å². The Morgan fingerprint density at radius 1 is 1.57 bits per heavy atom. The number of nitrogens with zero attached hydrogens (tertiary/aromatic N) is 2. The van der Waals surface area contributed by atoms with Gasteiger partial charge in [0.05, 0.1) is 17.3 Å². The molecular weight excluding hydrogens is 360 g/mol. The maximum atomic E-state index is 12.0. The van der Waals surface area contributed by atoms with Crippen molar-refractivity contribution in [3.63, 3.8) is 0 Å². The Morgan fingerprint density at radius 2 is 2.29 bits per heavy atom. The van der Waals surface area contributed by atoms with Crippen LogP contribution in [0.2, 0.25) is 0 Å². The molecule has 1 saturated heterocycles. The van der Waals surface area contributed by atoms with Crippen LogP contribution in [0, 0.1) is 5.41 Å². The first-order valence-corrected chi connectivity index (χ1v) is 7.57. The van der Waals surface area contributed by atoms with Crippen LogP contribution in [0.5, 0.6) is 0 Å². The summed E-state index contributed by atoms with van der Waals surface area (Å²) in [6.45, 7) is 3.54. The van der Waals surface area contributed by atoms with E-state index < -0.39 is 0 Å². The first-order chi connectivity index (χ1) is 9.63. The third-order valence-electron chi connectivity index (χ3n) is 3.68. The number of halogens is 2. The molecular formula is C13H22BrClN4O2. The minimum Gasteiger partial charge on any atom is -0.384 e. The van der Waals surface area contributed by atoms with Crippen molar-refractivity contribution in [1.29, 1.82) is 0 Å². The van der Waals surface area contributed by atoms with Crippen molar-refractivity contribution >= 4 is 34.2 Å². The van der Waals surface area contributed by atoms with Gasteiger partial charge in [-0.05, 0) is 41.9 Å². The van der Waals surface area contributed by atoms with Crippen LogP contribution >= 0.6 is 28.3 Å². The van der Waals surface area contributed by atoms with Crippen LogP contribution < -0.4 is 10.6 Å². The maximum absolute atomic E-state index is 12.0. The summed E-state index contributed by atoms with van der Waals surface area (Å²) in [5.74, 6) is -0.0189. The Balaban J connectivity index is 0.00000220. The number of carbonyl (C=O) groups is 1. The fraction of sp³-hybridized carbons (Fsp3) is 0.692. The zero-order valence-corrected chi connectivity index (χ0v) is 14.5. The van der Waals surface area contributed by atoms with Crippen LogP contribution in [-0.2, 0) is 16.1 Å². The zero-order chi connectivity index (χ0) is 14.4. The summed E-state index contributed by atoms with van der Waals surface area (Å²) in [6, 6.07) is 0. The molecule has 1 amide bonds. The molecule has 2 heterocycles. The minimum atomic E-state index is -0.0189. The van der Waals surface area contributed by atoms with Gasteiger partial charge in [0, 0.05) is 25.3 Å². The van der Waals surface area contributed by atoms with E-state index in [1.165, 1.54) is 0 Å². The lowest BCUT2D eigenvalue weighted by molar-refractivity contribution is -0.122. The number of nitrogens with one attached hydrogen (secondary N) is 2. The normalized spacial score (nSPS) is 17.0. The van der Waals surface area contributed by atoms with Gasteiger partial charge in [-0.1, -0.05) is 0 Å². The van der Waals surface area contributed by atoms with Gasteiger partial charge >= 0.3 is 0 Å². The Kier molecular flexibility index (Phi) is 7.65. The highest BCUT2D eigenvalue weighted by Crippen LogP contribution is 2.28. The number of aromatic nitrogens is 2. The number of piperidine rings is 1. The molecule has 1 aromatic rings. The van der Waals surface area contributed by atoms with Gasteiger partial charge in [0.15, 0.2) is 0 Å². The van der Waals surface area contributed by atoms with Crippen molar-refractivity contribution in [2.75, 3.05) is 33.4 Å². The van der Waals surface area contributed by atoms with E-state index in [2.05, 4.69) is 31.7 Å². The average Bonchev–Trinajstić information content (AvgIpc) is 2.83. The molecule has 120 valence electrons. The molecule has 8 heteroatoms. The number of rotatable bonds is 6. The lowest BCUT2D eigenvalue weighted by Crippen LogP contribution is -2.47. The van der Waals surface area contributed by atoms with Crippen LogP contribution in [0.15, 0.2) is 16.9 Å². The van der Waals surface area contributed by atoms with Gasteiger partial charge in [-0.2, -0.15) is 5.10 Å². The summed E-state index contributed by atoms with van der Waals surface area (Å²) >= 11 is 3.31. The predicted molar refractivity (Wildman–Crippen MR) is 86.6 cm³/mol. The van der Waals surface area contributed by atoms with Crippen LogP contribution in [0.25, 0.3) is 0 Å². The molecule has 0 aromatic carbocycles. The SMILES string of the molecule is COCC1(CNC(=O)Cn2cc(Br)cn2)CCNCC1.Cl. The van der Waals surface area contributed by atoms with Crippen molar-refractivity contribution in [3.8, 4) is 0 Å². The molecule has 0 saturated carbocycles. The summed E-state index contributed by atoms with van der Waals surface area (Å²) in [5, 5.41) is 10.4. The molecule has 1 aliphatic heterocycles. The molecule has 2 N–H and O–H groups in total. The van der Waals surface area contributed by atoms with Gasteiger partial charge in [0.2, 0.25) is 5.91 Å². The van der Waals surface area contributed by atoms with E-state index in [1.54, 1.807) is 24.2 Å². The highest BCUT2D eigenvalue weighted by atomic mass is 79.9. The number of hydrogen-bond donors (Lipinski definition) is 2. The van der Waals surface area contributed by atoms with Crippen molar-refractivity contribution in [1.82, 2.24) is 20.4 Å². The second kappa shape index (κ2) is 8.73. The monoisotopic (exact) mass is 380 g/mol. The highest BCUT2D eigenvalue weighted by Gasteiger charge is 2.32. The summed E-state index contributed by atoms with van der Waals surface area (Å²) in [4.78, 5) is 12.0. The number of carbonyl (C=O) groups excluding carboxylic acids is 1. The molecule has 6 nitrogen and oxygen atoms in total. The zero-order valence-electron chi connectivity index (χ0n) is 12.1. The second-order valence-corrected chi connectivity index (χ2v) is 6.23. The molecule has 0 aliphatic carbocycles. The molecule has 1 aliphatic rings. The number of amides is 1. The number of ether oxygens (including phenoxy) is 1. The Morgan fingerprint density at radius 3 is 2.86 bits per heavy atom. The molecule has 21 heavy (non-hydrogen) atoms. The molecule has 0 spiro atoms. The largest absolute Gasteiger partial charge is 0.384 e. The van der Waals surface area contributed by atoms with Gasteiger partial charge in [-0.25, -0.2) is 0 Å². The molecule has 0 unspecified atom stereocenters. The fourth-order valence-corrected chi connectivity index (χ4v) is 2.88. The number of hydrogen-bond acceptors (Lipinski definition) is 4. The van der Waals surface area contributed by atoms with Gasteiger partial charge in [-0.15, -0.1) is 12.4 Å². The van der Waals surface area contributed by atoms with E-state index in [0.717, 1.165) is 30.4 Å². The number of methoxy groups -OCH3 is 1. The standard InChI is InChI=1S/C13H21BrN4O2.ClH/c1-20-10-13(2-4-15-5-3-13)9-16-12(19)8-18-7-11(14)6-17-18;/h6-7,15H,2-5,8-10H2,1H3,(H,16,19);1H. The third-order valence-corrected chi connectivity index (χ3v) is 4.09. The van der Waals surface area contributed by atoms with Gasteiger partial charge in [0.1, 0.15) is 6.54 Å². The van der Waals surface area contributed by atoms with Gasteiger partial charge < -0.3 is 15.4 Å². The van der Waals surface area contributed by atoms with Crippen LogP contribution in [0.4, 0.5) is 0 Å². The van der Waals surface area contributed by atoms with Crippen LogP contribution in [0.1, 0.15) is 12.8 Å². The second-order valence-electron chi connectivity index (χ2n) is 5.32. The molecule has 1 aromatic heterocycles. The summed E-state index contributed by atoms with van der Waals surface area (Å²) in [7, 11) is 1.72. The third kappa shape index (κ3) is 5.58. The maximum Gasteiger partial charge on any atom is 0.241 e. The quantitative estimate of drug-likeness (QED) is 0.777. The summed E-state index contributed by atoms with van der Waals surface area (Å²) in [5.41, 5.74) is 0.0559. The van der Waals surface area contributed by atoms with Crippen LogP contribution in [0.3, 0.4) is 0 Å². The van der Waals surface area contributed by atoms with E-state index >= 15 is 0 Å². The van der Waals surface area contributed by atoms with E-state index in [-0.39, 0.29) is 30.3 Å². The average molecular weight is 382 g/mol.